The molecule has 0 radical (unpaired) electrons. The summed E-state index contributed by atoms with van der Waals surface area (Å²) < 4.78 is 2.18. The lowest BCUT2D eigenvalue weighted by atomic mass is 10.1. The molecule has 0 bridgehead atoms. The van der Waals surface area contributed by atoms with Gasteiger partial charge in [-0.2, -0.15) is 0 Å². The van der Waals surface area contributed by atoms with E-state index >= 15 is 0 Å². The van der Waals surface area contributed by atoms with Crippen LogP contribution >= 0.6 is 0 Å². The summed E-state index contributed by atoms with van der Waals surface area (Å²) in [4.78, 5) is 29.7. The first-order valence-electron chi connectivity index (χ1n) is 7.58. The molecule has 0 saturated heterocycles. The molecule has 1 unspecified atom stereocenters. The molecule has 1 N–H and O–H groups in total. The number of aromatic nitrogens is 2. The highest BCUT2D eigenvalue weighted by molar-refractivity contribution is 6.02. The molecule has 2 aromatic heterocycles. The number of Topliss-reactive ketones (excluding diaryl/α,β-unsaturated/α-hetero) is 1. The smallest absolute Gasteiger partial charge is 0.271 e. The molecule has 0 aliphatic carbocycles. The van der Waals surface area contributed by atoms with E-state index in [2.05, 4.69) is 15.6 Å². The molecule has 2 aromatic rings. The van der Waals surface area contributed by atoms with Gasteiger partial charge in [0.15, 0.2) is 5.78 Å². The zero-order chi connectivity index (χ0) is 16.0. The van der Waals surface area contributed by atoms with E-state index in [0.717, 1.165) is 23.5 Å². The first kappa shape index (κ1) is 14.6. The molecule has 116 valence electrons. The second kappa shape index (κ2) is 5.16. The third-order valence-corrected chi connectivity index (χ3v) is 4.61. The maximum Gasteiger partial charge on any atom is 0.271 e. The van der Waals surface area contributed by atoms with E-state index in [4.69, 9.17) is 0 Å². The molecule has 1 aliphatic heterocycles. The minimum atomic E-state index is -0.0342. The van der Waals surface area contributed by atoms with Gasteiger partial charge in [-0.25, -0.2) is 0 Å². The van der Waals surface area contributed by atoms with Gasteiger partial charge in [-0.1, -0.05) is 0 Å². The molecule has 0 spiro atoms. The Bertz CT molecular complexity index is 754. The predicted octanol–water partition coefficient (Wildman–Crippen LogP) is 2.85. The van der Waals surface area contributed by atoms with Gasteiger partial charge in [-0.05, 0) is 45.4 Å². The van der Waals surface area contributed by atoms with E-state index in [1.54, 1.807) is 0 Å². The number of amides is 1. The van der Waals surface area contributed by atoms with Crippen LogP contribution in [0.15, 0.2) is 18.3 Å². The fourth-order valence-electron chi connectivity index (χ4n) is 3.49. The Labute approximate surface area is 129 Å². The van der Waals surface area contributed by atoms with Crippen LogP contribution in [0, 0.1) is 13.8 Å². The van der Waals surface area contributed by atoms with Crippen molar-refractivity contribution in [3.05, 3.63) is 46.5 Å². The number of nitrogens with zero attached hydrogens (tertiary/aromatic N) is 2. The first-order valence-corrected chi connectivity index (χ1v) is 7.58. The molecule has 0 aromatic carbocycles. The van der Waals surface area contributed by atoms with Crippen LogP contribution in [0.2, 0.25) is 0 Å². The van der Waals surface area contributed by atoms with Crippen molar-refractivity contribution in [1.82, 2.24) is 14.5 Å². The van der Waals surface area contributed by atoms with Crippen LogP contribution in [-0.2, 0) is 6.54 Å². The summed E-state index contributed by atoms with van der Waals surface area (Å²) in [5, 5.41) is 0. The van der Waals surface area contributed by atoms with Crippen LogP contribution in [0.1, 0.15) is 57.7 Å². The summed E-state index contributed by atoms with van der Waals surface area (Å²) in [6.07, 6.45) is 2.05. The quantitative estimate of drug-likeness (QED) is 0.867. The van der Waals surface area contributed by atoms with Gasteiger partial charge in [0.25, 0.3) is 5.91 Å². The van der Waals surface area contributed by atoms with Gasteiger partial charge < -0.3 is 14.5 Å². The Balaban J connectivity index is 1.96. The Hall–Kier alpha value is -2.30. The molecule has 1 aliphatic rings. The number of ketones is 1. The second-order valence-corrected chi connectivity index (χ2v) is 5.98. The average Bonchev–Trinajstić information content (AvgIpc) is 3.03. The van der Waals surface area contributed by atoms with Gasteiger partial charge in [0.05, 0.1) is 6.04 Å². The van der Waals surface area contributed by atoms with Crippen molar-refractivity contribution in [2.75, 3.05) is 6.54 Å². The summed E-state index contributed by atoms with van der Waals surface area (Å²) in [6.45, 7) is 8.73. The molecule has 5 heteroatoms. The van der Waals surface area contributed by atoms with Gasteiger partial charge in [0, 0.05) is 36.2 Å². The van der Waals surface area contributed by atoms with Crippen LogP contribution in [-0.4, -0.2) is 32.7 Å². The molecule has 3 heterocycles. The van der Waals surface area contributed by atoms with Gasteiger partial charge in [-0.15, -0.1) is 0 Å². The molecule has 0 saturated carbocycles. The number of aryl methyl sites for hydroxylation is 1. The van der Waals surface area contributed by atoms with Crippen LogP contribution in [0.3, 0.4) is 0 Å². The summed E-state index contributed by atoms with van der Waals surface area (Å²) in [7, 11) is 0. The van der Waals surface area contributed by atoms with Gasteiger partial charge in [0.1, 0.15) is 5.69 Å². The topological polar surface area (TPSA) is 58.1 Å². The highest BCUT2D eigenvalue weighted by atomic mass is 16.2. The van der Waals surface area contributed by atoms with Crippen molar-refractivity contribution in [2.45, 2.75) is 40.3 Å². The second-order valence-electron chi connectivity index (χ2n) is 5.98. The number of carbonyl (C=O) groups excluding carboxylic acids is 2. The third kappa shape index (κ3) is 2.08. The fourth-order valence-corrected chi connectivity index (χ4v) is 3.49. The number of aromatic amines is 1. The summed E-state index contributed by atoms with van der Waals surface area (Å²) in [5.74, 6) is -0.0427. The molecular formula is C17H21N3O2. The maximum absolute atomic E-state index is 12.9. The molecule has 3 rings (SSSR count). The number of nitrogens with one attached hydrogen (secondary N) is 1. The Kier molecular flexibility index (Phi) is 3.43. The molecule has 1 atom stereocenters. The van der Waals surface area contributed by atoms with Crippen LogP contribution < -0.4 is 0 Å². The monoisotopic (exact) mass is 299 g/mol. The Morgan fingerprint density at radius 2 is 2.00 bits per heavy atom. The number of hydrogen-bond donors (Lipinski definition) is 1. The minimum absolute atomic E-state index is 0.00845. The van der Waals surface area contributed by atoms with E-state index in [1.807, 2.05) is 37.9 Å². The Morgan fingerprint density at radius 1 is 1.27 bits per heavy atom. The van der Waals surface area contributed by atoms with Crippen LogP contribution in [0.5, 0.6) is 0 Å². The standard InChI is InChI=1S/C17H21N3O2/c1-10-15(13(4)21)11(2)18-16(10)17(22)20-9-8-19-7-5-6-14(19)12(20)3/h5-7,12,18H,8-9H2,1-4H3. The number of carbonyl (C=O) groups is 2. The molecule has 5 nitrogen and oxygen atoms in total. The fraction of sp³-hybridized carbons (Fsp3) is 0.412. The number of fused-ring (bicyclic) bond motifs is 1. The van der Waals surface area contributed by atoms with Gasteiger partial charge in [-0.3, -0.25) is 9.59 Å². The highest BCUT2D eigenvalue weighted by Gasteiger charge is 2.30. The lowest BCUT2D eigenvalue weighted by molar-refractivity contribution is 0.0637. The number of rotatable bonds is 2. The normalized spacial score (nSPS) is 17.5. The molecular weight excluding hydrogens is 278 g/mol. The zero-order valence-corrected chi connectivity index (χ0v) is 13.4. The van der Waals surface area contributed by atoms with Crippen molar-refractivity contribution in [3.8, 4) is 0 Å². The lowest BCUT2D eigenvalue weighted by Gasteiger charge is -2.34. The highest BCUT2D eigenvalue weighted by Crippen LogP contribution is 2.28. The van der Waals surface area contributed by atoms with Gasteiger partial charge in [0.2, 0.25) is 0 Å². The van der Waals surface area contributed by atoms with Crippen molar-refractivity contribution in [3.63, 3.8) is 0 Å². The molecule has 1 amide bonds. The zero-order valence-electron chi connectivity index (χ0n) is 13.4. The molecule has 0 fully saturated rings. The van der Waals surface area contributed by atoms with E-state index < -0.39 is 0 Å². The van der Waals surface area contributed by atoms with E-state index in [9.17, 15) is 9.59 Å². The van der Waals surface area contributed by atoms with Crippen molar-refractivity contribution >= 4 is 11.7 Å². The Morgan fingerprint density at radius 3 is 2.64 bits per heavy atom. The number of H-pyrrole nitrogens is 1. The third-order valence-electron chi connectivity index (χ3n) is 4.61. The predicted molar refractivity (Wildman–Crippen MR) is 84.2 cm³/mol. The minimum Gasteiger partial charge on any atom is -0.354 e. The average molecular weight is 299 g/mol. The van der Waals surface area contributed by atoms with Crippen molar-refractivity contribution < 1.29 is 9.59 Å². The summed E-state index contributed by atoms with van der Waals surface area (Å²) in [6, 6.07) is 4.09. The number of hydrogen-bond acceptors (Lipinski definition) is 2. The van der Waals surface area contributed by atoms with Crippen LogP contribution in [0.4, 0.5) is 0 Å². The van der Waals surface area contributed by atoms with E-state index in [-0.39, 0.29) is 17.7 Å². The SMILES string of the molecule is CC(=O)c1c(C)[nH]c(C(=O)N2CCn3cccc3C2C)c1C. The van der Waals surface area contributed by atoms with Crippen LogP contribution in [0.25, 0.3) is 0 Å². The van der Waals surface area contributed by atoms with Gasteiger partial charge >= 0.3 is 0 Å². The lowest BCUT2D eigenvalue weighted by Crippen LogP contribution is -2.41. The molecule has 22 heavy (non-hydrogen) atoms. The van der Waals surface area contributed by atoms with Crippen molar-refractivity contribution in [1.29, 1.82) is 0 Å². The maximum atomic E-state index is 12.9. The van der Waals surface area contributed by atoms with E-state index in [1.165, 1.54) is 6.92 Å². The van der Waals surface area contributed by atoms with Crippen molar-refractivity contribution in [2.24, 2.45) is 0 Å². The first-order chi connectivity index (χ1) is 10.4. The summed E-state index contributed by atoms with van der Waals surface area (Å²) in [5.41, 5.74) is 3.84. The summed E-state index contributed by atoms with van der Waals surface area (Å²) >= 11 is 0. The largest absolute Gasteiger partial charge is 0.354 e. The van der Waals surface area contributed by atoms with E-state index in [0.29, 0.717) is 17.8 Å².